The van der Waals surface area contributed by atoms with Crippen molar-refractivity contribution in [2.24, 2.45) is 0 Å². The van der Waals surface area contributed by atoms with Gasteiger partial charge < -0.3 is 39.4 Å². The summed E-state index contributed by atoms with van der Waals surface area (Å²) < 4.78 is 22.8. The Labute approximate surface area is 367 Å². The first-order valence-corrected chi connectivity index (χ1v) is 24.7. The molecule has 6 atom stereocenters. The van der Waals surface area contributed by atoms with Gasteiger partial charge in [0.05, 0.1) is 19.8 Å². The van der Waals surface area contributed by atoms with Crippen LogP contribution in [0.2, 0.25) is 0 Å². The Morgan fingerprint density at radius 1 is 0.550 bits per heavy atom. The number of ether oxygens (including phenoxy) is 4. The lowest BCUT2D eigenvalue weighted by Crippen LogP contribution is -2.59. The number of unbranched alkanes of at least 4 members (excludes halogenated alkanes) is 23. The van der Waals surface area contributed by atoms with Crippen LogP contribution < -0.4 is 0 Å². The SMILES string of the molecule is CC/C=C\C/C=C\C/C=C\C/C=C\CCCCCOCC(COC1OC(CO)C(O)C(O)C1O)OC(=O)CCCCCCCCCCCCCCCCCCCCCCC. The van der Waals surface area contributed by atoms with Crippen LogP contribution in [0.4, 0.5) is 0 Å². The number of aliphatic hydroxyl groups excluding tert-OH is 4. The molecule has 0 aromatic heterocycles. The van der Waals surface area contributed by atoms with Gasteiger partial charge >= 0.3 is 5.97 Å². The Bertz CT molecular complexity index is 1060. The number of allylic oxidation sites excluding steroid dienone is 8. The summed E-state index contributed by atoms with van der Waals surface area (Å²) in [7, 11) is 0. The van der Waals surface area contributed by atoms with E-state index in [4.69, 9.17) is 18.9 Å². The fraction of sp³-hybridized carbons (Fsp3) is 0.824. The topological polar surface area (TPSA) is 135 Å². The summed E-state index contributed by atoms with van der Waals surface area (Å²) in [5, 5.41) is 40.2. The van der Waals surface area contributed by atoms with E-state index in [0.29, 0.717) is 13.0 Å². The number of carbonyl (C=O) groups is 1. The second kappa shape index (κ2) is 42.5. The zero-order valence-corrected chi connectivity index (χ0v) is 38.5. The van der Waals surface area contributed by atoms with Gasteiger partial charge in [0, 0.05) is 13.0 Å². The van der Waals surface area contributed by atoms with Crippen molar-refractivity contribution in [3.63, 3.8) is 0 Å². The molecular formula is C51H92O9. The van der Waals surface area contributed by atoms with Gasteiger partial charge in [-0.1, -0.05) is 197 Å². The highest BCUT2D eigenvalue weighted by Crippen LogP contribution is 2.23. The maximum absolute atomic E-state index is 12.8. The zero-order valence-electron chi connectivity index (χ0n) is 38.5. The third-order valence-electron chi connectivity index (χ3n) is 11.3. The molecule has 9 nitrogen and oxygen atoms in total. The van der Waals surface area contributed by atoms with Crippen LogP contribution in [-0.2, 0) is 23.7 Å². The summed E-state index contributed by atoms with van der Waals surface area (Å²) in [6.07, 6.45) is 45.8. The molecule has 0 aliphatic carbocycles. The van der Waals surface area contributed by atoms with Crippen molar-refractivity contribution in [3.8, 4) is 0 Å². The minimum atomic E-state index is -1.54. The molecule has 0 saturated carbocycles. The normalized spacial score (nSPS) is 20.4. The van der Waals surface area contributed by atoms with E-state index in [2.05, 4.69) is 62.5 Å². The number of esters is 1. The second-order valence-electron chi connectivity index (χ2n) is 16.9. The number of aliphatic hydroxyl groups is 4. The monoisotopic (exact) mass is 849 g/mol. The summed E-state index contributed by atoms with van der Waals surface area (Å²) in [4.78, 5) is 12.8. The fourth-order valence-corrected chi connectivity index (χ4v) is 7.43. The van der Waals surface area contributed by atoms with Crippen molar-refractivity contribution in [2.45, 2.75) is 243 Å². The first-order chi connectivity index (χ1) is 29.4. The first kappa shape index (κ1) is 56.2. The lowest BCUT2D eigenvalue weighted by Gasteiger charge is -2.39. The van der Waals surface area contributed by atoms with E-state index >= 15 is 0 Å². The standard InChI is InChI=1S/C51H92O9/c1-3-5-7-9-11-13-15-17-19-21-22-23-24-25-26-28-30-32-34-36-38-40-47(53)59-45(44-58-51-50(56)49(55)48(54)46(42-52)60-51)43-57-41-39-37-35-33-31-29-27-20-18-16-14-12-10-8-6-4-2/h6,8,12,14,18,20,29,31,45-46,48-52,54-56H,3-5,7,9-11,13,15-17,19,21-28,30,32-44H2,1-2H3/b8-6-,14-12-,20-18-,31-29-. The van der Waals surface area contributed by atoms with Gasteiger partial charge in [0.15, 0.2) is 6.29 Å². The lowest BCUT2D eigenvalue weighted by molar-refractivity contribution is -0.305. The van der Waals surface area contributed by atoms with Gasteiger partial charge in [0.2, 0.25) is 0 Å². The van der Waals surface area contributed by atoms with Gasteiger partial charge in [0.1, 0.15) is 30.5 Å². The van der Waals surface area contributed by atoms with Gasteiger partial charge in [-0.05, 0) is 51.4 Å². The van der Waals surface area contributed by atoms with E-state index in [0.717, 1.165) is 70.6 Å². The minimum Gasteiger partial charge on any atom is -0.457 e. The molecule has 0 amide bonds. The Balaban J connectivity index is 2.22. The lowest BCUT2D eigenvalue weighted by atomic mass is 9.99. The maximum atomic E-state index is 12.8. The smallest absolute Gasteiger partial charge is 0.306 e. The summed E-state index contributed by atoms with van der Waals surface area (Å²) in [5.74, 6) is -0.322. The zero-order chi connectivity index (χ0) is 43.6. The van der Waals surface area contributed by atoms with Crippen molar-refractivity contribution in [3.05, 3.63) is 48.6 Å². The van der Waals surface area contributed by atoms with Crippen LogP contribution in [0.15, 0.2) is 48.6 Å². The fourth-order valence-electron chi connectivity index (χ4n) is 7.43. The predicted octanol–water partition coefficient (Wildman–Crippen LogP) is 11.7. The molecule has 60 heavy (non-hydrogen) atoms. The van der Waals surface area contributed by atoms with Gasteiger partial charge in [-0.2, -0.15) is 0 Å². The van der Waals surface area contributed by atoms with Crippen molar-refractivity contribution >= 4 is 5.97 Å². The molecule has 6 unspecified atom stereocenters. The van der Waals surface area contributed by atoms with E-state index in [1.165, 1.54) is 116 Å². The molecule has 9 heteroatoms. The Morgan fingerprint density at radius 3 is 1.52 bits per heavy atom. The molecule has 1 heterocycles. The highest BCUT2D eigenvalue weighted by molar-refractivity contribution is 5.69. The van der Waals surface area contributed by atoms with Crippen molar-refractivity contribution < 1.29 is 44.2 Å². The molecule has 1 saturated heterocycles. The quantitative estimate of drug-likeness (QED) is 0.0269. The number of hydrogen-bond acceptors (Lipinski definition) is 9. The highest BCUT2D eigenvalue weighted by Gasteiger charge is 2.44. The minimum absolute atomic E-state index is 0.124. The van der Waals surface area contributed by atoms with Crippen molar-refractivity contribution in [1.29, 1.82) is 0 Å². The molecule has 0 bridgehead atoms. The maximum Gasteiger partial charge on any atom is 0.306 e. The van der Waals surface area contributed by atoms with E-state index in [1.54, 1.807) is 0 Å². The summed E-state index contributed by atoms with van der Waals surface area (Å²) in [6, 6.07) is 0. The van der Waals surface area contributed by atoms with Gasteiger partial charge in [0.25, 0.3) is 0 Å². The Hall–Kier alpha value is -1.85. The number of hydrogen-bond donors (Lipinski definition) is 4. The van der Waals surface area contributed by atoms with E-state index in [9.17, 15) is 25.2 Å². The summed E-state index contributed by atoms with van der Waals surface area (Å²) in [6.45, 7) is 4.39. The largest absolute Gasteiger partial charge is 0.457 e. The molecule has 1 rings (SSSR count). The average Bonchev–Trinajstić information content (AvgIpc) is 3.25. The van der Waals surface area contributed by atoms with E-state index in [1.807, 2.05) is 0 Å². The molecule has 4 N–H and O–H groups in total. The highest BCUT2D eigenvalue weighted by atomic mass is 16.7. The molecule has 0 radical (unpaired) electrons. The van der Waals surface area contributed by atoms with Crippen LogP contribution in [0.3, 0.4) is 0 Å². The molecular weight excluding hydrogens is 757 g/mol. The van der Waals surface area contributed by atoms with Crippen LogP contribution >= 0.6 is 0 Å². The Kier molecular flexibility index (Phi) is 39.7. The van der Waals surface area contributed by atoms with Crippen LogP contribution in [0.1, 0.15) is 206 Å². The molecule has 1 aliphatic heterocycles. The molecule has 1 aliphatic rings. The van der Waals surface area contributed by atoms with E-state index < -0.39 is 43.4 Å². The molecule has 350 valence electrons. The molecule has 0 aromatic carbocycles. The number of carbonyl (C=O) groups excluding carboxylic acids is 1. The Morgan fingerprint density at radius 2 is 1.02 bits per heavy atom. The van der Waals surface area contributed by atoms with Crippen molar-refractivity contribution in [2.75, 3.05) is 26.4 Å². The molecule has 0 aromatic rings. The third-order valence-corrected chi connectivity index (χ3v) is 11.3. The van der Waals surface area contributed by atoms with Crippen LogP contribution in [0, 0.1) is 0 Å². The van der Waals surface area contributed by atoms with Gasteiger partial charge in [-0.3, -0.25) is 4.79 Å². The third kappa shape index (κ3) is 32.8. The van der Waals surface area contributed by atoms with Gasteiger partial charge in [-0.15, -0.1) is 0 Å². The van der Waals surface area contributed by atoms with Crippen LogP contribution in [0.25, 0.3) is 0 Å². The van der Waals surface area contributed by atoms with E-state index in [-0.39, 0.29) is 19.2 Å². The number of rotatable bonds is 42. The van der Waals surface area contributed by atoms with Crippen LogP contribution in [0.5, 0.6) is 0 Å². The van der Waals surface area contributed by atoms with Crippen molar-refractivity contribution in [1.82, 2.24) is 0 Å². The summed E-state index contributed by atoms with van der Waals surface area (Å²) in [5.41, 5.74) is 0. The second-order valence-corrected chi connectivity index (χ2v) is 16.9. The molecule has 1 fully saturated rings. The van der Waals surface area contributed by atoms with Crippen LogP contribution in [-0.4, -0.2) is 89.6 Å². The summed E-state index contributed by atoms with van der Waals surface area (Å²) >= 11 is 0. The van der Waals surface area contributed by atoms with Gasteiger partial charge in [-0.25, -0.2) is 0 Å². The predicted molar refractivity (Wildman–Crippen MR) is 247 cm³/mol. The average molecular weight is 849 g/mol. The molecule has 0 spiro atoms. The first-order valence-electron chi connectivity index (χ1n) is 24.7.